The third-order valence-corrected chi connectivity index (χ3v) is 7.83. The highest BCUT2D eigenvalue weighted by molar-refractivity contribution is 5.42. The molecule has 1 saturated heterocycles. The van der Waals surface area contributed by atoms with Crippen molar-refractivity contribution in [2.24, 2.45) is 11.3 Å². The van der Waals surface area contributed by atoms with Crippen LogP contribution in [0, 0.1) is 11.3 Å². The van der Waals surface area contributed by atoms with Gasteiger partial charge in [0.05, 0.1) is 25.9 Å². The molecule has 1 aliphatic heterocycles. The van der Waals surface area contributed by atoms with Gasteiger partial charge in [0.25, 0.3) is 0 Å². The normalized spacial score (nSPS) is 41.2. The van der Waals surface area contributed by atoms with Gasteiger partial charge in [0.15, 0.2) is 5.79 Å². The van der Waals surface area contributed by atoms with E-state index >= 15 is 0 Å². The van der Waals surface area contributed by atoms with Crippen molar-refractivity contribution < 1.29 is 19.3 Å². The lowest BCUT2D eigenvalue weighted by Gasteiger charge is -2.57. The van der Waals surface area contributed by atoms with Gasteiger partial charge in [0.1, 0.15) is 5.75 Å². The Bertz CT molecular complexity index is 695. The number of benzene rings is 1. The Labute approximate surface area is 149 Å². The maximum atomic E-state index is 11.9. The molecule has 3 fully saturated rings. The molecule has 1 aromatic rings. The van der Waals surface area contributed by atoms with E-state index in [4.69, 9.17) is 14.2 Å². The zero-order chi connectivity index (χ0) is 17.3. The number of ether oxygens (including phenoxy) is 3. The number of fused-ring (bicyclic) bond motifs is 6. The largest absolute Gasteiger partial charge is 0.497 e. The fourth-order valence-corrected chi connectivity index (χ4v) is 6.61. The Morgan fingerprint density at radius 3 is 2.68 bits per heavy atom. The molecule has 1 unspecified atom stereocenters. The molecule has 0 bridgehead atoms. The van der Waals surface area contributed by atoms with E-state index in [-0.39, 0.29) is 17.3 Å². The molecule has 1 aromatic carbocycles. The first kappa shape index (κ1) is 16.1. The van der Waals surface area contributed by atoms with Crippen LogP contribution in [0.1, 0.15) is 56.1 Å². The predicted octanol–water partition coefficient (Wildman–Crippen LogP) is 3.41. The van der Waals surface area contributed by atoms with E-state index in [1.807, 2.05) is 6.07 Å². The first-order chi connectivity index (χ1) is 12.0. The van der Waals surface area contributed by atoms with Crippen LogP contribution < -0.4 is 4.74 Å². The molecule has 2 saturated carbocycles. The van der Waals surface area contributed by atoms with E-state index in [1.165, 1.54) is 11.1 Å². The molecule has 4 aliphatic rings. The van der Waals surface area contributed by atoms with Crippen molar-refractivity contribution >= 4 is 0 Å². The molecule has 136 valence electrons. The van der Waals surface area contributed by atoms with E-state index in [0.29, 0.717) is 13.2 Å². The topological polar surface area (TPSA) is 47.9 Å². The first-order valence-electron chi connectivity index (χ1n) is 9.70. The summed E-state index contributed by atoms with van der Waals surface area (Å²) in [5, 5.41) is 11.9. The van der Waals surface area contributed by atoms with E-state index in [9.17, 15) is 5.11 Å². The first-order valence-corrected chi connectivity index (χ1v) is 9.70. The van der Waals surface area contributed by atoms with Crippen LogP contribution in [0.3, 0.4) is 0 Å². The van der Waals surface area contributed by atoms with Crippen molar-refractivity contribution in [2.45, 2.75) is 62.8 Å². The van der Waals surface area contributed by atoms with Crippen molar-refractivity contribution in [2.75, 3.05) is 20.3 Å². The van der Waals surface area contributed by atoms with Gasteiger partial charge in [-0.15, -0.1) is 0 Å². The second kappa shape index (κ2) is 5.21. The molecule has 1 spiro atoms. The van der Waals surface area contributed by atoms with Gasteiger partial charge in [-0.2, -0.15) is 0 Å². The summed E-state index contributed by atoms with van der Waals surface area (Å²) in [6.45, 7) is 3.67. The molecule has 3 aliphatic carbocycles. The lowest BCUT2D eigenvalue weighted by Crippen LogP contribution is -2.59. The second-order valence-electron chi connectivity index (χ2n) is 8.61. The molecule has 0 aromatic heterocycles. The van der Waals surface area contributed by atoms with Crippen molar-refractivity contribution in [1.82, 2.24) is 0 Å². The Kier molecular flexibility index (Phi) is 3.36. The van der Waals surface area contributed by atoms with Crippen LogP contribution in [-0.4, -0.2) is 36.8 Å². The van der Waals surface area contributed by atoms with Gasteiger partial charge in [-0.1, -0.05) is 13.0 Å². The van der Waals surface area contributed by atoms with Crippen molar-refractivity contribution in [3.05, 3.63) is 29.3 Å². The molecule has 25 heavy (non-hydrogen) atoms. The summed E-state index contributed by atoms with van der Waals surface area (Å²) in [5.41, 5.74) is 1.94. The number of hydrogen-bond donors (Lipinski definition) is 1. The monoisotopic (exact) mass is 344 g/mol. The van der Waals surface area contributed by atoms with Crippen LogP contribution in [0.15, 0.2) is 18.2 Å². The van der Waals surface area contributed by atoms with E-state index in [1.54, 1.807) is 7.11 Å². The van der Waals surface area contributed by atoms with E-state index in [2.05, 4.69) is 19.1 Å². The fraction of sp³-hybridized carbons (Fsp3) is 0.714. The molecular weight excluding hydrogens is 316 g/mol. The minimum atomic E-state index is -0.645. The zero-order valence-corrected chi connectivity index (χ0v) is 15.2. The predicted molar refractivity (Wildman–Crippen MR) is 93.7 cm³/mol. The van der Waals surface area contributed by atoms with Crippen molar-refractivity contribution in [1.29, 1.82) is 0 Å². The Hall–Kier alpha value is -1.10. The van der Waals surface area contributed by atoms with Gasteiger partial charge in [-0.05, 0) is 61.3 Å². The molecule has 4 nitrogen and oxygen atoms in total. The maximum absolute atomic E-state index is 11.9. The molecular formula is C21H28O4. The number of aliphatic hydroxyl groups is 1. The second-order valence-corrected chi connectivity index (χ2v) is 8.61. The zero-order valence-electron chi connectivity index (χ0n) is 15.2. The van der Waals surface area contributed by atoms with Crippen LogP contribution in [0.2, 0.25) is 0 Å². The summed E-state index contributed by atoms with van der Waals surface area (Å²) < 4.78 is 17.7. The van der Waals surface area contributed by atoms with Crippen LogP contribution in [-0.2, 0) is 15.9 Å². The maximum Gasteiger partial charge on any atom is 0.174 e. The van der Waals surface area contributed by atoms with Gasteiger partial charge >= 0.3 is 0 Å². The standard InChI is InChI=1S/C21H28O4/c1-19-8-6-17-16-4-3-15(23-2)13-14(16)5-9-20(17,22)18(19)7-10-21(19)24-11-12-25-21/h3-4,13,17-18,22H,5-12H2,1-2H3/t17?,18-,19+,20-/m1/s1. The smallest absolute Gasteiger partial charge is 0.174 e. The number of hydrogen-bond acceptors (Lipinski definition) is 4. The third kappa shape index (κ3) is 1.93. The number of aryl methyl sites for hydroxylation is 1. The fourth-order valence-electron chi connectivity index (χ4n) is 6.61. The minimum Gasteiger partial charge on any atom is -0.497 e. The summed E-state index contributed by atoms with van der Waals surface area (Å²) in [7, 11) is 1.71. The van der Waals surface area contributed by atoms with Crippen LogP contribution in [0.25, 0.3) is 0 Å². The van der Waals surface area contributed by atoms with Crippen molar-refractivity contribution in [3.63, 3.8) is 0 Å². The highest BCUT2D eigenvalue weighted by Crippen LogP contribution is 2.67. The lowest BCUT2D eigenvalue weighted by atomic mass is 9.52. The lowest BCUT2D eigenvalue weighted by molar-refractivity contribution is -0.254. The quantitative estimate of drug-likeness (QED) is 0.848. The average molecular weight is 344 g/mol. The minimum absolute atomic E-state index is 0.0846. The summed E-state index contributed by atoms with van der Waals surface area (Å²) in [4.78, 5) is 0. The average Bonchev–Trinajstić information content (AvgIpc) is 3.21. The third-order valence-electron chi connectivity index (χ3n) is 7.83. The van der Waals surface area contributed by atoms with Crippen molar-refractivity contribution in [3.8, 4) is 5.75 Å². The van der Waals surface area contributed by atoms with Crippen LogP contribution in [0.4, 0.5) is 0 Å². The highest BCUT2D eigenvalue weighted by atomic mass is 16.7. The van der Waals surface area contributed by atoms with E-state index < -0.39 is 11.4 Å². The summed E-state index contributed by atoms with van der Waals surface area (Å²) in [5.74, 6) is 0.916. The molecule has 4 heteroatoms. The Morgan fingerprint density at radius 1 is 1.12 bits per heavy atom. The Balaban J connectivity index is 1.54. The number of rotatable bonds is 1. The molecule has 0 radical (unpaired) electrons. The van der Waals surface area contributed by atoms with Crippen LogP contribution >= 0.6 is 0 Å². The number of methoxy groups -OCH3 is 1. The summed E-state index contributed by atoms with van der Waals surface area (Å²) >= 11 is 0. The molecule has 4 atom stereocenters. The molecule has 1 N–H and O–H groups in total. The molecule has 0 amide bonds. The van der Waals surface area contributed by atoms with Gasteiger partial charge in [-0.25, -0.2) is 0 Å². The summed E-state index contributed by atoms with van der Waals surface area (Å²) in [6, 6.07) is 6.37. The SMILES string of the molecule is COc1ccc2c(c1)CC[C@@]1(O)C2CC[C@@]2(C)[C@H]1CCC21OCCO1. The Morgan fingerprint density at radius 2 is 1.92 bits per heavy atom. The van der Waals surface area contributed by atoms with Gasteiger partial charge < -0.3 is 19.3 Å². The van der Waals surface area contributed by atoms with E-state index in [0.717, 1.165) is 44.3 Å². The van der Waals surface area contributed by atoms with Gasteiger partial charge in [0, 0.05) is 17.8 Å². The van der Waals surface area contributed by atoms with Gasteiger partial charge in [-0.3, -0.25) is 0 Å². The molecule has 5 rings (SSSR count). The van der Waals surface area contributed by atoms with Gasteiger partial charge in [0.2, 0.25) is 0 Å². The summed E-state index contributed by atoms with van der Waals surface area (Å²) in [6.07, 6.45) is 5.70. The molecule has 1 heterocycles. The highest BCUT2D eigenvalue weighted by Gasteiger charge is 2.69. The van der Waals surface area contributed by atoms with Crippen LogP contribution in [0.5, 0.6) is 5.75 Å².